The summed E-state index contributed by atoms with van der Waals surface area (Å²) in [6.45, 7) is 13.0. The summed E-state index contributed by atoms with van der Waals surface area (Å²) in [6.07, 6.45) is 3.80. The molecule has 0 saturated heterocycles. The summed E-state index contributed by atoms with van der Waals surface area (Å²) in [5.74, 6) is 0.987. The molecule has 0 unspecified atom stereocenters. The lowest BCUT2D eigenvalue weighted by Crippen LogP contribution is -2.20. The molecule has 3 aromatic rings. The van der Waals surface area contributed by atoms with Crippen molar-refractivity contribution in [2.24, 2.45) is 0 Å². The molecular weight excluding hydrogens is 869 g/mol. The molecule has 23 heteroatoms. The molecular formula is C17H22N4S19. The number of hydrogen-bond acceptors (Lipinski definition) is 5. The third-order valence-corrected chi connectivity index (χ3v) is 39.6. The molecule has 0 aliphatic heterocycles. The van der Waals surface area contributed by atoms with Crippen molar-refractivity contribution in [3.63, 3.8) is 0 Å². The van der Waals surface area contributed by atoms with Crippen molar-refractivity contribution >= 4 is 190 Å². The van der Waals surface area contributed by atoms with Crippen molar-refractivity contribution in [3.05, 3.63) is 36.0 Å². The van der Waals surface area contributed by atoms with E-state index in [1.165, 1.54) is 17.8 Å². The van der Waals surface area contributed by atoms with E-state index >= 15 is 0 Å². The van der Waals surface area contributed by atoms with Crippen LogP contribution in [0.2, 0.25) is 0 Å². The largest absolute Gasteiger partial charge is 0.287 e. The second kappa shape index (κ2) is 21.1. The zero-order valence-electron chi connectivity index (χ0n) is 21.4. The summed E-state index contributed by atoms with van der Waals surface area (Å²) < 4.78 is 2.07. The van der Waals surface area contributed by atoms with Crippen molar-refractivity contribution in [2.45, 2.75) is 52.4 Å². The molecule has 3 heterocycles. The van der Waals surface area contributed by atoms with Gasteiger partial charge in [0.1, 0.15) is 11.5 Å². The maximum absolute atomic E-state index is 4.83. The first-order valence-corrected chi connectivity index (χ1v) is 34.3. The number of imidazole rings is 1. The minimum atomic E-state index is -0.0629. The molecule has 0 bridgehead atoms. The van der Waals surface area contributed by atoms with E-state index < -0.39 is 0 Å². The molecule has 224 valence electrons. The van der Waals surface area contributed by atoms with Gasteiger partial charge in [0.05, 0.1) is 5.39 Å². The zero-order chi connectivity index (χ0) is 29.4. The number of hydrogen-bond donors (Lipinski definition) is 0. The maximum Gasteiger partial charge on any atom is 0.165 e. The molecule has 0 spiro atoms. The topological polar surface area (TPSA) is 43.1 Å². The summed E-state index contributed by atoms with van der Waals surface area (Å²) in [6, 6.07) is 4.17. The van der Waals surface area contributed by atoms with Crippen LogP contribution in [-0.4, -0.2) is 19.4 Å². The SMILES string of the molecule is CC(C)(C)c1ccc2c(n1)nc(C(C)(C)C)n1ccnc21.S=S=S=S=S=S=S=S=S=S=S=S=S=S=S=S=S=S=S. The normalized spacial score (nSPS) is 10.4. The Balaban J connectivity index is 0.000000283. The van der Waals surface area contributed by atoms with Crippen LogP contribution >= 0.6 is 0 Å². The van der Waals surface area contributed by atoms with Crippen LogP contribution in [0.25, 0.3) is 16.7 Å². The molecule has 0 saturated carbocycles. The molecule has 0 atom stereocenters. The van der Waals surface area contributed by atoms with Gasteiger partial charge in [-0.25, -0.2) is 15.0 Å². The number of aromatic nitrogens is 4. The fourth-order valence-electron chi connectivity index (χ4n) is 2.65. The minimum absolute atomic E-state index is 0.0132. The second-order valence-corrected chi connectivity index (χ2v) is 38.9. The highest BCUT2D eigenvalue weighted by Crippen LogP contribution is 2.27. The van der Waals surface area contributed by atoms with E-state index in [0.29, 0.717) is 0 Å². The van der Waals surface area contributed by atoms with Crippen LogP contribution in [0.4, 0.5) is 0 Å². The highest BCUT2D eigenvalue weighted by Gasteiger charge is 2.23. The zero-order valence-corrected chi connectivity index (χ0v) is 36.9. The van der Waals surface area contributed by atoms with Gasteiger partial charge in [-0.2, -0.15) is 0 Å². The van der Waals surface area contributed by atoms with Gasteiger partial charge in [0.2, 0.25) is 0 Å². The highest BCUT2D eigenvalue weighted by molar-refractivity contribution is 8.78. The average molecular weight is 892 g/mol. The maximum atomic E-state index is 4.83. The van der Waals surface area contributed by atoms with E-state index in [0.717, 1.165) is 28.2 Å². The lowest BCUT2D eigenvalue weighted by molar-refractivity contribution is 0.537. The van der Waals surface area contributed by atoms with Gasteiger partial charge >= 0.3 is 0 Å². The van der Waals surface area contributed by atoms with Crippen LogP contribution in [0, 0.1) is 0 Å². The van der Waals surface area contributed by atoms with Crippen molar-refractivity contribution in [2.75, 3.05) is 0 Å². The molecule has 0 fully saturated rings. The Morgan fingerprint density at radius 1 is 0.600 bits per heavy atom. The van der Waals surface area contributed by atoms with Crippen LogP contribution in [-0.2, 0) is 184 Å². The molecule has 0 aliphatic rings. The predicted octanol–water partition coefficient (Wildman–Crippen LogP) is 3.83. The standard InChI is InChI=1S/C17H22N4.S19/c1-16(2,3)12-8-7-11-13(19-12)20-15(17(4,5)6)21-10-9-18-14(11)21;1-3-5-7-9-11-13-15-17-19-18-16-14-12-10-8-6-4-2/h7-10H,1-6H3;. The molecule has 0 aliphatic carbocycles. The van der Waals surface area contributed by atoms with E-state index in [-0.39, 0.29) is 10.8 Å². The van der Waals surface area contributed by atoms with E-state index in [9.17, 15) is 0 Å². The Kier molecular flexibility index (Phi) is 20.2. The molecule has 0 N–H and O–H groups in total. The summed E-state index contributed by atoms with van der Waals surface area (Å²) in [5.41, 5.74) is 2.72. The molecule has 0 amide bonds. The van der Waals surface area contributed by atoms with Crippen molar-refractivity contribution < 1.29 is 0 Å². The summed E-state index contributed by atoms with van der Waals surface area (Å²) in [5, 5.41) is 1.00. The summed E-state index contributed by atoms with van der Waals surface area (Å²) in [7, 11) is 29.0. The second-order valence-electron chi connectivity index (χ2n) is 8.78. The Morgan fingerprint density at radius 3 is 1.45 bits per heavy atom. The lowest BCUT2D eigenvalue weighted by Gasteiger charge is -2.21. The van der Waals surface area contributed by atoms with Gasteiger partial charge in [-0.3, -0.25) is 4.40 Å². The van der Waals surface area contributed by atoms with Crippen LogP contribution < -0.4 is 0 Å². The van der Waals surface area contributed by atoms with Crippen LogP contribution in [0.3, 0.4) is 0 Å². The number of pyridine rings is 1. The third kappa shape index (κ3) is 14.5. The highest BCUT2D eigenvalue weighted by atomic mass is 33.5. The van der Waals surface area contributed by atoms with Gasteiger partial charge in [-0.05, 0) is 12.1 Å². The minimum Gasteiger partial charge on any atom is -0.287 e. The van der Waals surface area contributed by atoms with E-state index in [2.05, 4.69) is 63.1 Å². The van der Waals surface area contributed by atoms with Crippen molar-refractivity contribution in [3.8, 4) is 0 Å². The van der Waals surface area contributed by atoms with E-state index in [1.54, 1.807) is 133 Å². The molecule has 40 heavy (non-hydrogen) atoms. The van der Waals surface area contributed by atoms with Gasteiger partial charge in [0.15, 0.2) is 5.65 Å². The van der Waals surface area contributed by atoms with Gasteiger partial charge in [-0.1, -0.05) is 41.5 Å². The third-order valence-electron chi connectivity index (χ3n) is 4.08. The first kappa shape index (κ1) is 38.4. The number of nitrogens with zero attached hydrogens (tertiary/aromatic N) is 4. The first-order valence-electron chi connectivity index (χ1n) is 10.3. The van der Waals surface area contributed by atoms with Crippen molar-refractivity contribution in [1.29, 1.82) is 0 Å². The van der Waals surface area contributed by atoms with Crippen molar-refractivity contribution in [1.82, 2.24) is 19.4 Å². The summed E-state index contributed by atoms with van der Waals surface area (Å²) in [4.78, 5) is 14.1. The molecule has 4 nitrogen and oxygen atoms in total. The monoisotopic (exact) mass is 890 g/mol. The van der Waals surface area contributed by atoms with Gasteiger partial charge in [0.25, 0.3) is 0 Å². The smallest absolute Gasteiger partial charge is 0.165 e. The molecule has 3 rings (SSSR count). The quantitative estimate of drug-likeness (QED) is 0.344. The molecule has 0 aromatic carbocycles. The van der Waals surface area contributed by atoms with Crippen LogP contribution in [0.5, 0.6) is 0 Å². The number of fused-ring (bicyclic) bond motifs is 3. The first-order chi connectivity index (χ1) is 19.1. The predicted molar refractivity (Wildman–Crippen MR) is 226 cm³/mol. The van der Waals surface area contributed by atoms with Gasteiger partial charge < -0.3 is 0 Å². The van der Waals surface area contributed by atoms with E-state index in [1.807, 2.05) is 12.4 Å². The van der Waals surface area contributed by atoms with Crippen LogP contribution in [0.1, 0.15) is 53.1 Å². The number of rotatable bonds is 0. The summed E-state index contributed by atoms with van der Waals surface area (Å²) >= 11 is 9.50. The fourth-order valence-corrected chi connectivity index (χ4v) is 43.8. The Hall–Kier alpha value is 2.21. The molecule has 0 radical (unpaired) electrons. The van der Waals surface area contributed by atoms with Gasteiger partial charge in [0, 0.05) is 202 Å². The Morgan fingerprint density at radius 2 is 1.05 bits per heavy atom. The van der Waals surface area contributed by atoms with E-state index in [4.69, 9.17) is 32.3 Å². The average Bonchev–Trinajstić information content (AvgIpc) is 3.39. The fraction of sp³-hybridized carbons (Fsp3) is 0.471. The Labute approximate surface area is 292 Å². The van der Waals surface area contributed by atoms with Crippen LogP contribution in [0.15, 0.2) is 24.5 Å². The van der Waals surface area contributed by atoms with Gasteiger partial charge in [-0.15, -0.1) is 0 Å². The lowest BCUT2D eigenvalue weighted by atomic mass is 9.91. The Bertz CT molecular complexity index is 2060. The molecule has 3 aromatic heterocycles.